The van der Waals surface area contributed by atoms with E-state index in [0.717, 1.165) is 57.8 Å². The van der Waals surface area contributed by atoms with Crippen LogP contribution in [0.4, 0.5) is 11.5 Å². The van der Waals surface area contributed by atoms with Crippen LogP contribution < -0.4 is 27.4 Å². The van der Waals surface area contributed by atoms with Gasteiger partial charge in [-0.05, 0) is 97.8 Å². The molecule has 0 spiro atoms. The number of imide groups is 2. The van der Waals surface area contributed by atoms with Crippen molar-refractivity contribution in [1.29, 1.82) is 0 Å². The summed E-state index contributed by atoms with van der Waals surface area (Å²) in [6.07, 6.45) is 5.73. The summed E-state index contributed by atoms with van der Waals surface area (Å²) >= 11 is 0. The highest BCUT2D eigenvalue weighted by Gasteiger charge is 2.45. The van der Waals surface area contributed by atoms with Crippen LogP contribution in [0.25, 0.3) is 39.5 Å². The number of aromatic nitrogens is 4. The molecule has 3 aromatic heterocycles. The Morgan fingerprint density at radius 1 is 0.812 bits per heavy atom. The maximum atomic E-state index is 13.3. The molecule has 9 rings (SSSR count). The molecule has 2 fully saturated rings. The highest BCUT2D eigenvalue weighted by Crippen LogP contribution is 2.40. The van der Waals surface area contributed by atoms with Crippen LogP contribution >= 0.6 is 0 Å². The van der Waals surface area contributed by atoms with E-state index in [0.29, 0.717) is 81.1 Å². The lowest BCUT2D eigenvalue weighted by Gasteiger charge is -2.38. The van der Waals surface area contributed by atoms with Gasteiger partial charge in [0, 0.05) is 54.6 Å². The average molecular weight is 935 g/mol. The fourth-order valence-corrected chi connectivity index (χ4v) is 8.89. The first-order chi connectivity index (χ1) is 33.6. The number of imidazole rings is 1. The van der Waals surface area contributed by atoms with Crippen molar-refractivity contribution in [1.82, 2.24) is 35.1 Å². The largest absolute Gasteiger partial charge is 0.383 e. The number of benzene rings is 3. The van der Waals surface area contributed by atoms with Gasteiger partial charge in [0.15, 0.2) is 11.5 Å². The number of hydrogen-bond acceptors (Lipinski definition) is 14. The van der Waals surface area contributed by atoms with Gasteiger partial charge in [0.25, 0.3) is 11.8 Å². The second-order valence-electron chi connectivity index (χ2n) is 17.3. The molecular weight excluding hydrogens is 881 g/mol. The summed E-state index contributed by atoms with van der Waals surface area (Å²) in [5.74, 6) is -1.30. The second kappa shape index (κ2) is 20.9. The lowest BCUT2D eigenvalue weighted by atomic mass is 9.73. The number of ether oxygens (including phenoxy) is 3. The van der Waals surface area contributed by atoms with Crippen molar-refractivity contribution >= 4 is 52.2 Å². The van der Waals surface area contributed by atoms with Crippen molar-refractivity contribution in [3.05, 3.63) is 119 Å². The summed E-state index contributed by atoms with van der Waals surface area (Å²) < 4.78 is 18.9. The fourth-order valence-electron chi connectivity index (χ4n) is 8.89. The Labute approximate surface area is 398 Å². The summed E-state index contributed by atoms with van der Waals surface area (Å²) in [5.41, 5.74) is 20.5. The van der Waals surface area contributed by atoms with Crippen molar-refractivity contribution in [2.24, 2.45) is 5.73 Å². The third-order valence-electron chi connectivity index (χ3n) is 12.7. The molecule has 6 aromatic rings. The van der Waals surface area contributed by atoms with Crippen LogP contribution in [0, 0.1) is 0 Å². The number of rotatable bonds is 21. The van der Waals surface area contributed by atoms with E-state index in [1.54, 1.807) is 24.4 Å². The number of fused-ring (bicyclic) bond motifs is 2. The van der Waals surface area contributed by atoms with Gasteiger partial charge in [-0.15, -0.1) is 0 Å². The number of nitrogens with zero attached hydrogens (tertiary/aromatic N) is 5. The summed E-state index contributed by atoms with van der Waals surface area (Å²) in [5, 5.41) is 8.33. The van der Waals surface area contributed by atoms with E-state index in [9.17, 15) is 24.0 Å². The van der Waals surface area contributed by atoms with Crippen LogP contribution in [-0.2, 0) is 40.6 Å². The van der Waals surface area contributed by atoms with E-state index in [4.69, 9.17) is 35.6 Å². The summed E-state index contributed by atoms with van der Waals surface area (Å²) in [7, 11) is 0. The normalized spacial score (nSPS) is 16.4. The van der Waals surface area contributed by atoms with Gasteiger partial charge in [0.1, 0.15) is 17.4 Å². The van der Waals surface area contributed by atoms with E-state index in [1.807, 2.05) is 47.0 Å². The first-order valence-corrected chi connectivity index (χ1v) is 23.3. The van der Waals surface area contributed by atoms with Gasteiger partial charge < -0.3 is 36.3 Å². The molecule has 3 aromatic carbocycles. The topological polar surface area (TPSA) is 248 Å². The molecule has 0 bridgehead atoms. The molecule has 18 nitrogen and oxygen atoms in total. The second-order valence-corrected chi connectivity index (χ2v) is 17.3. The minimum atomic E-state index is -1.03. The van der Waals surface area contributed by atoms with Crippen molar-refractivity contribution in [3.8, 4) is 28.3 Å². The molecule has 1 aliphatic carbocycles. The molecular formula is C51H54N10O8. The van der Waals surface area contributed by atoms with Crippen molar-refractivity contribution in [2.75, 3.05) is 63.8 Å². The zero-order valence-corrected chi connectivity index (χ0v) is 38.1. The van der Waals surface area contributed by atoms with Crippen molar-refractivity contribution in [3.63, 3.8) is 0 Å². The number of carbonyl (C=O) groups is 5. The van der Waals surface area contributed by atoms with E-state index < -0.39 is 29.7 Å². The summed E-state index contributed by atoms with van der Waals surface area (Å²) in [4.78, 5) is 78.3. The number of pyridine rings is 2. The average Bonchev–Trinajstić information content (AvgIpc) is 3.85. The Bertz CT molecular complexity index is 2900. The minimum absolute atomic E-state index is 0.0525. The maximum Gasteiger partial charge on any atom is 0.264 e. The molecule has 1 saturated carbocycles. The third kappa shape index (κ3) is 10.2. The lowest BCUT2D eigenvalue weighted by molar-refractivity contribution is -0.136. The van der Waals surface area contributed by atoms with Gasteiger partial charge in [0.05, 0.1) is 62.0 Å². The van der Waals surface area contributed by atoms with Crippen LogP contribution in [-0.4, -0.2) is 113 Å². The van der Waals surface area contributed by atoms with Crippen LogP contribution in [0.1, 0.15) is 70.4 Å². The van der Waals surface area contributed by atoms with Crippen LogP contribution in [0.2, 0.25) is 0 Å². The monoisotopic (exact) mass is 934 g/mol. The van der Waals surface area contributed by atoms with Gasteiger partial charge in [-0.2, -0.15) is 0 Å². The van der Waals surface area contributed by atoms with E-state index >= 15 is 0 Å². The Balaban J connectivity index is 0.681. The first kappa shape index (κ1) is 46.7. The molecule has 3 aliphatic rings. The Hall–Kier alpha value is -7.38. The zero-order valence-electron chi connectivity index (χ0n) is 38.1. The number of anilines is 2. The number of piperidine rings is 1. The number of nitrogens with two attached hydrogens (primary N) is 2. The molecule has 7 N–H and O–H groups in total. The van der Waals surface area contributed by atoms with Gasteiger partial charge >= 0.3 is 0 Å². The number of carbonyl (C=O) groups excluding carboxylic acids is 5. The first-order valence-electron chi connectivity index (χ1n) is 23.3. The molecule has 5 heterocycles. The number of nitrogens with one attached hydrogen (secondary N) is 3. The van der Waals surface area contributed by atoms with Crippen molar-refractivity contribution < 1.29 is 38.2 Å². The Morgan fingerprint density at radius 2 is 1.57 bits per heavy atom. The molecule has 1 atom stereocenters. The molecule has 356 valence electrons. The summed E-state index contributed by atoms with van der Waals surface area (Å²) in [6.45, 7) is 2.70. The summed E-state index contributed by atoms with van der Waals surface area (Å²) in [6, 6.07) is 28.0. The van der Waals surface area contributed by atoms with Crippen LogP contribution in [0.3, 0.4) is 0 Å². The lowest BCUT2D eigenvalue weighted by Crippen LogP contribution is -2.54. The standard InChI is InChI=1S/C51H54N10O8/c52-45-37(8-3-22-56-45)46-58-40-15-14-38(57-47(40)60(46)35-12-10-34(11-13-35)51(53)20-4-21-51)33-6-1-5-32(31-33)18-23-55-42(62)19-25-67-27-29-69-30-28-68-26-24-54-39-9-2-7-36-44(39)50(66)61(49(36)65)41-16-17-43(63)59-48(41)64/h1-3,5-15,22,31,41,54H,4,16-21,23-30,53H2,(H2,52,56)(H,55,62)(H,59,63,64). The maximum absolute atomic E-state index is 13.3. The van der Waals surface area contributed by atoms with Gasteiger partial charge in [-0.3, -0.25) is 38.8 Å². The van der Waals surface area contributed by atoms with Gasteiger partial charge in [0.2, 0.25) is 17.7 Å². The highest BCUT2D eigenvalue weighted by molar-refractivity contribution is 6.25. The molecule has 5 amide bonds. The van der Waals surface area contributed by atoms with Gasteiger partial charge in [-0.1, -0.05) is 36.4 Å². The van der Waals surface area contributed by atoms with E-state index in [1.165, 1.54) is 0 Å². The zero-order chi connectivity index (χ0) is 47.9. The van der Waals surface area contributed by atoms with Crippen LogP contribution in [0.5, 0.6) is 0 Å². The molecule has 2 aliphatic heterocycles. The molecule has 0 radical (unpaired) electrons. The SMILES string of the molecule is Nc1ncccc1-c1nc2ccc(-c3cccc(CCNC(=O)CCOCCOCCOCCNc4cccc5c4C(=O)N(C4CCC(=O)NC4=O)C5=O)c3)nc2n1-c1ccc(C2(N)CCC2)cc1. The molecule has 18 heteroatoms. The molecule has 1 unspecified atom stereocenters. The predicted octanol–water partition coefficient (Wildman–Crippen LogP) is 4.68. The van der Waals surface area contributed by atoms with Crippen molar-refractivity contribution in [2.45, 2.75) is 56.5 Å². The molecule has 69 heavy (non-hydrogen) atoms. The Kier molecular flexibility index (Phi) is 14.1. The quantitative estimate of drug-likeness (QED) is 0.0486. The number of nitrogen functional groups attached to an aromatic ring is 1. The van der Waals surface area contributed by atoms with E-state index in [-0.39, 0.29) is 48.4 Å². The fraction of sp³-hybridized carbons (Fsp3) is 0.333. The molecule has 1 saturated heterocycles. The minimum Gasteiger partial charge on any atom is -0.383 e. The highest BCUT2D eigenvalue weighted by atomic mass is 16.5. The Morgan fingerprint density at radius 3 is 2.32 bits per heavy atom. The predicted molar refractivity (Wildman–Crippen MR) is 257 cm³/mol. The number of amides is 5. The number of hydrogen-bond donors (Lipinski definition) is 5. The third-order valence-corrected chi connectivity index (χ3v) is 12.7. The van der Waals surface area contributed by atoms with Gasteiger partial charge in [-0.25, -0.2) is 15.0 Å². The smallest absolute Gasteiger partial charge is 0.264 e. The van der Waals surface area contributed by atoms with Crippen LogP contribution in [0.15, 0.2) is 97.2 Å². The van der Waals surface area contributed by atoms with E-state index in [2.05, 4.69) is 51.3 Å².